The van der Waals surface area contributed by atoms with Gasteiger partial charge in [-0.1, -0.05) is 59.7 Å². The van der Waals surface area contributed by atoms with E-state index in [1.165, 1.54) is 0 Å². The van der Waals surface area contributed by atoms with Crippen LogP contribution in [0.4, 0.5) is 17.6 Å². The van der Waals surface area contributed by atoms with Crippen LogP contribution in [-0.2, 0) is 30.0 Å². The third-order valence-electron chi connectivity index (χ3n) is 7.83. The molecule has 0 aliphatic rings. The molecule has 0 saturated carbocycles. The Morgan fingerprint density at radius 1 is 0.918 bits per heavy atom. The van der Waals surface area contributed by atoms with Crippen molar-refractivity contribution >= 4 is 17.0 Å². The van der Waals surface area contributed by atoms with Crippen molar-refractivity contribution < 1.29 is 17.6 Å². The Labute approximate surface area is 285 Å². The van der Waals surface area contributed by atoms with Gasteiger partial charge in [-0.05, 0) is 85.1 Å². The maximum Gasteiger partial charge on any atom is 0.419 e. The predicted molar refractivity (Wildman–Crippen MR) is 189 cm³/mol. The molecule has 0 amide bonds. The first-order chi connectivity index (χ1) is 22.8. The van der Waals surface area contributed by atoms with Gasteiger partial charge in [0.15, 0.2) is 5.96 Å². The number of hydrogen-bond acceptors (Lipinski definition) is 5. The van der Waals surface area contributed by atoms with E-state index in [1.54, 1.807) is 31.4 Å². The van der Waals surface area contributed by atoms with Crippen LogP contribution in [-0.4, -0.2) is 40.1 Å². The summed E-state index contributed by atoms with van der Waals surface area (Å²) in [6.07, 6.45) is -0.0538. The molecular weight excluding hydrogens is 636 g/mol. The van der Waals surface area contributed by atoms with Crippen LogP contribution < -0.4 is 28.2 Å². The summed E-state index contributed by atoms with van der Waals surface area (Å²) in [5.74, 6) is -1.04. The van der Waals surface area contributed by atoms with Crippen LogP contribution >= 0.6 is 0 Å². The molecular formula is C36H50F4N8O. The van der Waals surface area contributed by atoms with E-state index in [4.69, 9.17) is 17.2 Å². The first-order valence-corrected chi connectivity index (χ1v) is 16.4. The second kappa shape index (κ2) is 16.4. The molecule has 0 aliphatic heterocycles. The van der Waals surface area contributed by atoms with Crippen molar-refractivity contribution in [2.24, 2.45) is 22.2 Å². The minimum Gasteiger partial charge on any atom is -0.370 e. The van der Waals surface area contributed by atoms with Gasteiger partial charge in [0.1, 0.15) is 11.5 Å². The van der Waals surface area contributed by atoms with Crippen LogP contribution in [0.1, 0.15) is 88.8 Å². The van der Waals surface area contributed by atoms with Crippen LogP contribution in [0, 0.1) is 5.82 Å². The molecule has 9 nitrogen and oxygen atoms in total. The molecule has 4 rings (SSSR count). The number of aromatic amines is 1. The van der Waals surface area contributed by atoms with E-state index in [0.29, 0.717) is 37.1 Å². The molecule has 8 N–H and O–H groups in total. The second-order valence-electron chi connectivity index (χ2n) is 14.1. The summed E-state index contributed by atoms with van der Waals surface area (Å²) in [6, 6.07) is 12.4. The first-order valence-electron chi connectivity index (χ1n) is 16.4. The van der Waals surface area contributed by atoms with Crippen molar-refractivity contribution in [1.29, 1.82) is 0 Å². The molecule has 268 valence electrons. The van der Waals surface area contributed by atoms with Gasteiger partial charge in [0, 0.05) is 35.8 Å². The number of nitrogens with one attached hydrogen (secondary N) is 2. The van der Waals surface area contributed by atoms with E-state index < -0.39 is 23.0 Å². The third-order valence-corrected chi connectivity index (χ3v) is 7.83. The van der Waals surface area contributed by atoms with Crippen molar-refractivity contribution in [1.82, 2.24) is 19.9 Å². The highest BCUT2D eigenvalue weighted by molar-refractivity contribution is 5.76. The number of fused-ring (bicyclic) bond motifs is 1. The van der Waals surface area contributed by atoms with E-state index in [2.05, 4.69) is 47.1 Å². The Morgan fingerprint density at radius 3 is 2.14 bits per heavy atom. The lowest BCUT2D eigenvalue weighted by atomic mass is 9.83. The molecule has 2 aromatic carbocycles. The number of H-pyrrole nitrogens is 1. The number of unbranched alkanes of at least 4 members (excludes halogenated alkanes) is 1. The SMILES string of the molecule is CC(C)(C)c1cc(CCCCN)cc(C(F)(F)F)c1F.CC(C)(C)c1cc2cn(-c3ccc(CNCCCN=C(N)N)cc3)c(=O)nc2[nH]1. The first kappa shape index (κ1) is 39.2. The number of aromatic nitrogens is 3. The summed E-state index contributed by atoms with van der Waals surface area (Å²) in [4.78, 5) is 23.9. The topological polar surface area (TPSA) is 153 Å². The highest BCUT2D eigenvalue weighted by Crippen LogP contribution is 2.37. The Hall–Kier alpha value is -4.23. The molecule has 0 saturated heterocycles. The van der Waals surface area contributed by atoms with E-state index in [1.807, 2.05) is 30.5 Å². The Balaban J connectivity index is 0.000000286. The lowest BCUT2D eigenvalue weighted by Crippen LogP contribution is -2.23. The summed E-state index contributed by atoms with van der Waals surface area (Å²) in [6.45, 7) is 14.2. The molecule has 0 spiro atoms. The van der Waals surface area contributed by atoms with Gasteiger partial charge in [0.2, 0.25) is 0 Å². The van der Waals surface area contributed by atoms with Crippen LogP contribution in [0.2, 0.25) is 0 Å². The van der Waals surface area contributed by atoms with Gasteiger partial charge in [0.25, 0.3) is 0 Å². The lowest BCUT2D eigenvalue weighted by Gasteiger charge is -2.23. The molecule has 4 aromatic rings. The maximum absolute atomic E-state index is 14.1. The smallest absolute Gasteiger partial charge is 0.370 e. The molecule has 0 atom stereocenters. The molecule has 0 bridgehead atoms. The van der Waals surface area contributed by atoms with E-state index in [0.717, 1.165) is 54.3 Å². The highest BCUT2D eigenvalue weighted by atomic mass is 19.4. The normalized spacial score (nSPS) is 12.1. The zero-order valence-electron chi connectivity index (χ0n) is 29.3. The van der Waals surface area contributed by atoms with Crippen LogP contribution in [0.25, 0.3) is 16.7 Å². The fourth-order valence-electron chi connectivity index (χ4n) is 5.06. The number of alkyl halides is 3. The van der Waals surface area contributed by atoms with Crippen LogP contribution in [0.5, 0.6) is 0 Å². The van der Waals surface area contributed by atoms with Gasteiger partial charge in [-0.25, -0.2) is 9.18 Å². The minimum atomic E-state index is -4.67. The van der Waals surface area contributed by atoms with Gasteiger partial charge < -0.3 is 27.5 Å². The monoisotopic (exact) mass is 686 g/mol. The van der Waals surface area contributed by atoms with E-state index >= 15 is 0 Å². The van der Waals surface area contributed by atoms with Crippen molar-refractivity contribution in [3.63, 3.8) is 0 Å². The predicted octanol–water partition coefficient (Wildman–Crippen LogP) is 6.19. The zero-order chi connectivity index (χ0) is 36.6. The Bertz CT molecular complexity index is 1720. The summed E-state index contributed by atoms with van der Waals surface area (Å²) in [5.41, 5.74) is 18.0. The third kappa shape index (κ3) is 11.4. The minimum absolute atomic E-state index is 0.0352. The van der Waals surface area contributed by atoms with Crippen molar-refractivity contribution in [2.45, 2.75) is 90.8 Å². The van der Waals surface area contributed by atoms with Crippen molar-refractivity contribution in [3.05, 3.63) is 92.9 Å². The number of nitrogens with zero attached hydrogens (tertiary/aromatic N) is 3. The molecule has 0 radical (unpaired) electrons. The highest BCUT2D eigenvalue weighted by Gasteiger charge is 2.37. The number of nitrogens with two attached hydrogens (primary N) is 3. The Morgan fingerprint density at radius 2 is 1.57 bits per heavy atom. The summed E-state index contributed by atoms with van der Waals surface area (Å²) < 4.78 is 54.4. The maximum atomic E-state index is 14.1. The van der Waals surface area contributed by atoms with Gasteiger partial charge in [-0.2, -0.15) is 18.2 Å². The van der Waals surface area contributed by atoms with Crippen molar-refractivity contribution in [2.75, 3.05) is 19.6 Å². The summed E-state index contributed by atoms with van der Waals surface area (Å²) in [5, 5.41) is 4.27. The second-order valence-corrected chi connectivity index (χ2v) is 14.1. The van der Waals surface area contributed by atoms with Crippen LogP contribution in [0.3, 0.4) is 0 Å². The van der Waals surface area contributed by atoms with Crippen LogP contribution in [0.15, 0.2) is 58.4 Å². The quantitative estimate of drug-likeness (QED) is 0.0549. The average molecular weight is 687 g/mol. The largest absolute Gasteiger partial charge is 0.419 e. The molecule has 0 aliphatic carbocycles. The molecule has 2 heterocycles. The lowest BCUT2D eigenvalue weighted by molar-refractivity contribution is -0.140. The number of guanidine groups is 1. The number of aryl methyl sites for hydroxylation is 1. The van der Waals surface area contributed by atoms with E-state index in [-0.39, 0.29) is 22.6 Å². The number of benzene rings is 2. The summed E-state index contributed by atoms with van der Waals surface area (Å²) in [7, 11) is 0. The zero-order valence-corrected chi connectivity index (χ0v) is 29.3. The molecule has 2 aromatic heterocycles. The Kier molecular flexibility index (Phi) is 13.2. The number of aliphatic imine (C=N–C) groups is 1. The summed E-state index contributed by atoms with van der Waals surface area (Å²) >= 11 is 0. The number of halogens is 4. The molecule has 0 fully saturated rings. The number of rotatable bonds is 11. The van der Waals surface area contributed by atoms with E-state index in [9.17, 15) is 22.4 Å². The van der Waals surface area contributed by atoms with Gasteiger partial charge in [0.05, 0.1) is 11.3 Å². The van der Waals surface area contributed by atoms with Gasteiger partial charge in [-0.15, -0.1) is 0 Å². The average Bonchev–Trinajstić information content (AvgIpc) is 3.42. The van der Waals surface area contributed by atoms with Gasteiger partial charge in [-0.3, -0.25) is 9.56 Å². The van der Waals surface area contributed by atoms with Gasteiger partial charge >= 0.3 is 11.9 Å². The fraction of sp³-hybridized carbons (Fsp3) is 0.472. The molecule has 13 heteroatoms. The van der Waals surface area contributed by atoms with Crippen molar-refractivity contribution in [3.8, 4) is 5.69 Å². The molecule has 0 unspecified atom stereocenters. The molecule has 49 heavy (non-hydrogen) atoms. The number of hydrogen-bond donors (Lipinski definition) is 5. The standard InChI is InChI=1S/C21H29N7O.C15H21F4N/c1-21(2,3)17-11-15-13-28(20(29)27-18(15)26-17)16-7-5-14(6-8-16)12-24-9-4-10-25-19(22)23;1-14(2,3)11-8-10(6-4-5-7-20)9-12(13(11)16)15(17,18)19/h5-8,11,13,24H,4,9-10,12H2,1-3H3,(H4,22,23,25)(H,26,27,29);8-9H,4-7,20H2,1-3H3. The fourth-order valence-corrected chi connectivity index (χ4v) is 5.06.